The highest BCUT2D eigenvalue weighted by molar-refractivity contribution is 8.13. The number of carbonyl (C=O) groups is 1. The number of thioether (sulfide) groups is 2. The maximum Gasteiger partial charge on any atom is 0.260 e. The Labute approximate surface area is 205 Å². The number of rotatable bonds is 5. The number of amidine groups is 1. The van der Waals surface area contributed by atoms with Crippen molar-refractivity contribution in [1.82, 2.24) is 10.1 Å². The zero-order chi connectivity index (χ0) is 22.7. The summed E-state index contributed by atoms with van der Waals surface area (Å²) in [7, 11) is 0. The van der Waals surface area contributed by atoms with E-state index in [1.807, 2.05) is 38.1 Å². The molecule has 0 bridgehead atoms. The maximum absolute atomic E-state index is 13.6. The molecule has 2 aromatic carbocycles. The predicted molar refractivity (Wildman–Crippen MR) is 134 cm³/mol. The van der Waals surface area contributed by atoms with Crippen LogP contribution in [0.4, 0.5) is 5.69 Å². The van der Waals surface area contributed by atoms with Crippen molar-refractivity contribution >= 4 is 63.5 Å². The van der Waals surface area contributed by atoms with Gasteiger partial charge in [-0.1, -0.05) is 52.3 Å². The molecule has 32 heavy (non-hydrogen) atoms. The monoisotopic (exact) mass is 505 g/mol. The zero-order valence-electron chi connectivity index (χ0n) is 17.6. The van der Waals surface area contributed by atoms with Crippen molar-refractivity contribution < 1.29 is 9.32 Å². The summed E-state index contributed by atoms with van der Waals surface area (Å²) in [5.74, 6) is 2.34. The van der Waals surface area contributed by atoms with Gasteiger partial charge in [-0.15, -0.1) is 11.8 Å². The van der Waals surface area contributed by atoms with Crippen molar-refractivity contribution in [3.63, 3.8) is 0 Å². The topological polar surface area (TPSA) is 58.7 Å². The van der Waals surface area contributed by atoms with Gasteiger partial charge in [0.15, 0.2) is 5.17 Å². The summed E-state index contributed by atoms with van der Waals surface area (Å²) < 4.78 is 5.27. The fourth-order valence-corrected chi connectivity index (χ4v) is 5.72. The van der Waals surface area contributed by atoms with Crippen LogP contribution >= 0.6 is 46.7 Å². The van der Waals surface area contributed by atoms with Crippen molar-refractivity contribution in [2.45, 2.75) is 30.9 Å². The van der Waals surface area contributed by atoms with Gasteiger partial charge in [0.25, 0.3) is 5.91 Å². The van der Waals surface area contributed by atoms with Gasteiger partial charge in [0.1, 0.15) is 5.76 Å². The van der Waals surface area contributed by atoms with E-state index in [2.05, 4.69) is 5.16 Å². The first kappa shape index (κ1) is 23.2. The molecular formula is C23H21Cl2N3O2S2. The third-order valence-electron chi connectivity index (χ3n) is 5.03. The first-order chi connectivity index (χ1) is 15.4. The number of halogens is 2. The van der Waals surface area contributed by atoms with Crippen molar-refractivity contribution in [2.24, 2.45) is 4.99 Å². The molecule has 0 aliphatic carbocycles. The van der Waals surface area contributed by atoms with Crippen LogP contribution in [0.25, 0.3) is 0 Å². The number of benzene rings is 2. The number of amides is 1. The quantitative estimate of drug-likeness (QED) is 0.344. The summed E-state index contributed by atoms with van der Waals surface area (Å²) in [5, 5.41) is 5.61. The lowest BCUT2D eigenvalue weighted by Gasteiger charge is -2.28. The number of hydrogen-bond acceptors (Lipinski definition) is 6. The lowest BCUT2D eigenvalue weighted by Crippen LogP contribution is -2.39. The average Bonchev–Trinajstić information content (AvgIpc) is 3.12. The van der Waals surface area contributed by atoms with Gasteiger partial charge < -0.3 is 4.52 Å². The fraction of sp³-hybridized carbons (Fsp3) is 0.261. The Hall–Kier alpha value is -1.93. The van der Waals surface area contributed by atoms with Crippen LogP contribution in [0.3, 0.4) is 0 Å². The number of aromatic nitrogens is 1. The molecule has 2 heterocycles. The van der Waals surface area contributed by atoms with Crippen LogP contribution in [0, 0.1) is 13.8 Å². The Morgan fingerprint density at radius 3 is 2.78 bits per heavy atom. The van der Waals surface area contributed by atoms with Gasteiger partial charge in [0.05, 0.1) is 27.0 Å². The van der Waals surface area contributed by atoms with Crippen LogP contribution in [0.1, 0.15) is 33.8 Å². The molecule has 1 aliphatic rings. The summed E-state index contributed by atoms with van der Waals surface area (Å²) in [5.41, 5.74) is 3.27. The van der Waals surface area contributed by atoms with Gasteiger partial charge in [0, 0.05) is 28.5 Å². The molecule has 166 valence electrons. The molecule has 9 heteroatoms. The van der Waals surface area contributed by atoms with Crippen LogP contribution in [0.5, 0.6) is 0 Å². The highest BCUT2D eigenvalue weighted by atomic mass is 35.5. The highest BCUT2D eigenvalue weighted by Gasteiger charge is 2.26. The molecule has 5 nitrogen and oxygen atoms in total. The molecule has 0 N–H and O–H groups in total. The number of aryl methyl sites for hydroxylation is 2. The van der Waals surface area contributed by atoms with Crippen LogP contribution in [-0.2, 0) is 5.75 Å². The molecule has 4 rings (SSSR count). The molecule has 0 unspecified atom stereocenters. The second-order valence-electron chi connectivity index (χ2n) is 7.24. The van der Waals surface area contributed by atoms with Gasteiger partial charge >= 0.3 is 0 Å². The third-order valence-corrected chi connectivity index (χ3v) is 7.93. The van der Waals surface area contributed by atoms with Crippen molar-refractivity contribution in [2.75, 3.05) is 12.3 Å². The fourth-order valence-electron chi connectivity index (χ4n) is 3.28. The number of carbonyl (C=O) groups excluding carboxylic acids is 1. The van der Waals surface area contributed by atoms with Crippen molar-refractivity contribution in [3.8, 4) is 0 Å². The Balaban J connectivity index is 1.59. The lowest BCUT2D eigenvalue weighted by atomic mass is 10.2. The van der Waals surface area contributed by atoms with E-state index in [-0.39, 0.29) is 5.91 Å². The van der Waals surface area contributed by atoms with E-state index in [1.54, 1.807) is 46.6 Å². The minimum atomic E-state index is -0.0575. The van der Waals surface area contributed by atoms with Crippen LogP contribution in [0.2, 0.25) is 10.0 Å². The van der Waals surface area contributed by atoms with E-state index in [9.17, 15) is 4.79 Å². The average molecular weight is 506 g/mol. The second-order valence-corrected chi connectivity index (χ2v) is 10.1. The number of hydrogen-bond donors (Lipinski definition) is 0. The zero-order valence-corrected chi connectivity index (χ0v) is 20.7. The van der Waals surface area contributed by atoms with Crippen molar-refractivity contribution in [3.05, 3.63) is 75.1 Å². The third kappa shape index (κ3) is 5.17. The predicted octanol–water partition coefficient (Wildman–Crippen LogP) is 7.16. The van der Waals surface area contributed by atoms with E-state index < -0.39 is 0 Å². The largest absolute Gasteiger partial charge is 0.361 e. The molecule has 1 aromatic heterocycles. The molecule has 1 saturated heterocycles. The number of nitrogens with zero attached hydrogens (tertiary/aromatic N) is 3. The van der Waals surface area contributed by atoms with Gasteiger partial charge in [0.2, 0.25) is 0 Å². The van der Waals surface area contributed by atoms with Gasteiger partial charge in [-0.25, -0.2) is 4.99 Å². The van der Waals surface area contributed by atoms with Crippen molar-refractivity contribution in [1.29, 1.82) is 0 Å². The molecule has 3 aromatic rings. The molecule has 1 aliphatic heterocycles. The minimum absolute atomic E-state index is 0.0575. The van der Waals surface area contributed by atoms with E-state index in [4.69, 9.17) is 32.7 Å². The molecule has 1 fully saturated rings. The summed E-state index contributed by atoms with van der Waals surface area (Å²) in [6.45, 7) is 4.46. The molecule has 0 radical (unpaired) electrons. The number of aliphatic imine (C=N–C) groups is 1. The SMILES string of the molecule is Cc1noc(C)c1CSc1ccccc1C(=O)N1CCCSC1=Nc1ccc(Cl)c(Cl)c1. The molecule has 0 saturated carbocycles. The first-order valence-corrected chi connectivity index (χ1v) is 12.8. The molecule has 0 atom stereocenters. The molecule has 1 amide bonds. The molecular weight excluding hydrogens is 485 g/mol. The smallest absolute Gasteiger partial charge is 0.260 e. The Bertz CT molecular complexity index is 1160. The standard InChI is InChI=1S/C23H21Cl2N3O2S2/c1-14-18(15(2)30-27-14)13-32-21-7-4-3-6-17(21)22(29)28-10-5-11-31-23(28)26-16-8-9-19(24)20(25)12-16/h3-4,6-9,12H,5,10-11,13H2,1-2H3. The van der Waals surface area contributed by atoms with Crippen LogP contribution in [0.15, 0.2) is 56.9 Å². The van der Waals surface area contributed by atoms with Gasteiger partial charge in [-0.3, -0.25) is 9.69 Å². The van der Waals surface area contributed by atoms with Crippen LogP contribution < -0.4 is 0 Å². The Morgan fingerprint density at radius 1 is 1.22 bits per heavy atom. The Kier molecular flexibility index (Phi) is 7.51. The van der Waals surface area contributed by atoms with E-state index >= 15 is 0 Å². The van der Waals surface area contributed by atoms with E-state index in [1.165, 1.54) is 0 Å². The second kappa shape index (κ2) is 10.3. The summed E-state index contributed by atoms with van der Waals surface area (Å²) in [6.07, 6.45) is 0.908. The summed E-state index contributed by atoms with van der Waals surface area (Å²) in [6, 6.07) is 12.9. The maximum atomic E-state index is 13.6. The summed E-state index contributed by atoms with van der Waals surface area (Å²) >= 11 is 15.3. The lowest BCUT2D eigenvalue weighted by molar-refractivity contribution is 0.0846. The van der Waals surface area contributed by atoms with E-state index in [0.29, 0.717) is 38.8 Å². The first-order valence-electron chi connectivity index (χ1n) is 10.1. The van der Waals surface area contributed by atoms with E-state index in [0.717, 1.165) is 34.1 Å². The highest BCUT2D eigenvalue weighted by Crippen LogP contribution is 2.32. The Morgan fingerprint density at radius 2 is 2.03 bits per heavy atom. The van der Waals surface area contributed by atoms with Crippen LogP contribution in [-0.4, -0.2) is 33.4 Å². The molecule has 0 spiro atoms. The van der Waals surface area contributed by atoms with Gasteiger partial charge in [-0.2, -0.15) is 0 Å². The summed E-state index contributed by atoms with van der Waals surface area (Å²) in [4.78, 5) is 21.0. The minimum Gasteiger partial charge on any atom is -0.361 e. The van der Waals surface area contributed by atoms with Gasteiger partial charge in [-0.05, 0) is 50.6 Å². The normalized spacial score (nSPS) is 15.4.